The van der Waals surface area contributed by atoms with Crippen molar-refractivity contribution < 1.29 is 20.1 Å². The SMILES string of the molecule is CNC(=O)c1ccc(C(O)=[NH+]C)c(=S)n1O. The highest BCUT2D eigenvalue weighted by Crippen LogP contribution is 2.06. The maximum absolute atomic E-state index is 11.3. The summed E-state index contributed by atoms with van der Waals surface area (Å²) in [4.78, 5) is 13.8. The van der Waals surface area contributed by atoms with Gasteiger partial charge < -0.3 is 15.6 Å². The third-order valence-corrected chi connectivity index (χ3v) is 2.40. The van der Waals surface area contributed by atoms with Crippen LogP contribution in [0.1, 0.15) is 16.1 Å². The van der Waals surface area contributed by atoms with Crippen LogP contribution in [-0.2, 0) is 0 Å². The van der Waals surface area contributed by atoms with Gasteiger partial charge in [0.1, 0.15) is 18.3 Å². The number of nitrogens with zero attached hydrogens (tertiary/aromatic N) is 1. The Kier molecular flexibility index (Phi) is 3.62. The maximum atomic E-state index is 11.3. The quantitative estimate of drug-likeness (QED) is 0.228. The fraction of sp³-hybridized carbons (Fsp3) is 0.222. The van der Waals surface area contributed by atoms with Crippen LogP contribution in [0, 0.1) is 4.64 Å². The van der Waals surface area contributed by atoms with Crippen molar-refractivity contribution in [3.63, 3.8) is 0 Å². The number of nitrogens with one attached hydrogen (secondary N) is 2. The minimum absolute atomic E-state index is 0.000142. The van der Waals surface area contributed by atoms with Gasteiger partial charge in [-0.2, -0.15) is 4.73 Å². The first-order valence-corrected chi connectivity index (χ1v) is 4.85. The molecule has 1 aromatic heterocycles. The lowest BCUT2D eigenvalue weighted by molar-refractivity contribution is -0.429. The molecule has 0 aliphatic rings. The molecule has 0 spiro atoms. The molecule has 7 heteroatoms. The molecule has 4 N–H and O–H groups in total. The number of hydrogen-bond donors (Lipinski definition) is 4. The lowest BCUT2D eigenvalue weighted by Crippen LogP contribution is -2.68. The monoisotopic (exact) mass is 242 g/mol. The van der Waals surface area contributed by atoms with Crippen molar-refractivity contribution in [2.24, 2.45) is 0 Å². The van der Waals surface area contributed by atoms with Crippen molar-refractivity contribution in [2.45, 2.75) is 0 Å². The summed E-state index contributed by atoms with van der Waals surface area (Å²) in [6.45, 7) is 0. The molecule has 0 fully saturated rings. The first-order valence-electron chi connectivity index (χ1n) is 4.44. The molecule has 1 rings (SSSR count). The smallest absolute Gasteiger partial charge is 0.368 e. The molecule has 0 radical (unpaired) electrons. The van der Waals surface area contributed by atoms with E-state index in [1.807, 2.05) is 0 Å². The molecule has 0 bridgehead atoms. The molecule has 0 saturated carbocycles. The summed E-state index contributed by atoms with van der Waals surface area (Å²) in [5.74, 6) is -0.639. The molecule has 6 nitrogen and oxygen atoms in total. The van der Waals surface area contributed by atoms with Gasteiger partial charge in [-0.25, -0.2) is 4.99 Å². The van der Waals surface area contributed by atoms with Crippen LogP contribution in [-0.4, -0.2) is 40.9 Å². The Bertz CT molecular complexity index is 507. The van der Waals surface area contributed by atoms with Gasteiger partial charge in [0.2, 0.25) is 0 Å². The number of aromatic nitrogens is 1. The van der Waals surface area contributed by atoms with Gasteiger partial charge >= 0.3 is 5.90 Å². The predicted molar refractivity (Wildman–Crippen MR) is 59.5 cm³/mol. The third-order valence-electron chi connectivity index (χ3n) is 2.01. The number of aliphatic hydroxyl groups is 1. The van der Waals surface area contributed by atoms with Gasteiger partial charge in [-0.1, -0.05) is 12.2 Å². The van der Waals surface area contributed by atoms with E-state index in [2.05, 4.69) is 10.3 Å². The second-order valence-corrected chi connectivity index (χ2v) is 3.31. The molecule has 0 aromatic carbocycles. The van der Waals surface area contributed by atoms with Crippen LogP contribution < -0.4 is 10.3 Å². The van der Waals surface area contributed by atoms with Gasteiger partial charge in [-0.3, -0.25) is 4.79 Å². The average Bonchev–Trinajstić information content (AvgIpc) is 2.30. The Balaban J connectivity index is 3.41. The summed E-state index contributed by atoms with van der Waals surface area (Å²) in [6, 6.07) is 2.81. The van der Waals surface area contributed by atoms with E-state index in [0.717, 1.165) is 0 Å². The van der Waals surface area contributed by atoms with E-state index in [1.165, 1.54) is 26.2 Å². The van der Waals surface area contributed by atoms with Crippen molar-refractivity contribution in [1.29, 1.82) is 0 Å². The van der Waals surface area contributed by atoms with Crippen LogP contribution in [0.4, 0.5) is 0 Å². The minimum atomic E-state index is -0.468. The zero-order valence-electron chi connectivity index (χ0n) is 8.81. The van der Waals surface area contributed by atoms with E-state index in [-0.39, 0.29) is 21.8 Å². The highest BCUT2D eigenvalue weighted by Gasteiger charge is 2.16. The van der Waals surface area contributed by atoms with E-state index in [1.54, 1.807) is 0 Å². The summed E-state index contributed by atoms with van der Waals surface area (Å²) in [7, 11) is 2.95. The Labute approximate surface area is 96.8 Å². The third kappa shape index (κ3) is 2.03. The number of rotatable bonds is 2. The fourth-order valence-corrected chi connectivity index (χ4v) is 1.41. The van der Waals surface area contributed by atoms with Gasteiger partial charge in [0.05, 0.1) is 0 Å². The number of aliphatic hydroxyl groups excluding tert-OH is 1. The van der Waals surface area contributed by atoms with E-state index in [0.29, 0.717) is 4.73 Å². The van der Waals surface area contributed by atoms with E-state index in [9.17, 15) is 15.1 Å². The van der Waals surface area contributed by atoms with Gasteiger partial charge in [-0.05, 0) is 12.1 Å². The average molecular weight is 242 g/mol. The van der Waals surface area contributed by atoms with Crippen LogP contribution in [0.25, 0.3) is 0 Å². The Morgan fingerprint density at radius 1 is 1.56 bits per heavy atom. The highest BCUT2D eigenvalue weighted by atomic mass is 32.1. The van der Waals surface area contributed by atoms with Gasteiger partial charge in [-0.15, -0.1) is 0 Å². The minimum Gasteiger partial charge on any atom is -0.460 e. The number of carbonyl (C=O) groups is 1. The predicted octanol–water partition coefficient (Wildman–Crippen LogP) is -1.17. The number of pyridine rings is 1. The summed E-state index contributed by atoms with van der Waals surface area (Å²) in [5, 5.41) is 21.4. The summed E-state index contributed by atoms with van der Waals surface area (Å²) in [5.41, 5.74) is 0.243. The standard InChI is InChI=1S/C9H11N3O3S/c1-10-7(13)5-3-4-6(8(14)11-2)12(15)9(5)16/h3-4,15H,1-2H3,(H,10,13)(H,11,14)/p+1. The molecular weight excluding hydrogens is 230 g/mol. The molecule has 1 amide bonds. The summed E-state index contributed by atoms with van der Waals surface area (Å²) >= 11 is 4.90. The van der Waals surface area contributed by atoms with Gasteiger partial charge in [0.15, 0.2) is 4.64 Å². The normalized spacial score (nSPS) is 11.2. The first-order chi connectivity index (χ1) is 7.52. The molecule has 0 unspecified atom stereocenters. The van der Waals surface area contributed by atoms with Crippen molar-refractivity contribution in [1.82, 2.24) is 10.0 Å². The van der Waals surface area contributed by atoms with Crippen LogP contribution in [0.3, 0.4) is 0 Å². The van der Waals surface area contributed by atoms with E-state index >= 15 is 0 Å². The first kappa shape index (κ1) is 12.2. The van der Waals surface area contributed by atoms with Crippen LogP contribution >= 0.6 is 12.2 Å². The molecule has 1 heterocycles. The highest BCUT2D eigenvalue weighted by molar-refractivity contribution is 7.71. The van der Waals surface area contributed by atoms with Crippen molar-refractivity contribution in [2.75, 3.05) is 14.1 Å². The molecule has 16 heavy (non-hydrogen) atoms. The van der Waals surface area contributed by atoms with Crippen molar-refractivity contribution in [3.05, 3.63) is 28.0 Å². The molecule has 1 aromatic rings. The Morgan fingerprint density at radius 2 is 2.19 bits per heavy atom. The van der Waals surface area contributed by atoms with Crippen molar-refractivity contribution in [3.8, 4) is 0 Å². The Hall–Kier alpha value is -1.89. The summed E-state index contributed by atoms with van der Waals surface area (Å²) < 4.78 is 0.504. The van der Waals surface area contributed by atoms with E-state index < -0.39 is 5.91 Å². The second-order valence-electron chi connectivity index (χ2n) is 2.93. The number of amides is 1. The summed E-state index contributed by atoms with van der Waals surface area (Å²) in [6.07, 6.45) is 0. The molecule has 0 atom stereocenters. The van der Waals surface area contributed by atoms with Crippen LogP contribution in [0.5, 0.6) is 0 Å². The number of carbonyl (C=O) groups excluding carboxylic acids is 1. The largest absolute Gasteiger partial charge is 0.460 e. The molecule has 0 aliphatic carbocycles. The topological polar surface area (TPSA) is 88.5 Å². The molecular formula is C9H12N3O3S+. The lowest BCUT2D eigenvalue weighted by atomic mass is 10.2. The zero-order chi connectivity index (χ0) is 12.3. The van der Waals surface area contributed by atoms with Crippen molar-refractivity contribution >= 4 is 24.0 Å². The maximum Gasteiger partial charge on any atom is 0.368 e. The number of hydrogen-bond acceptors (Lipinski definition) is 3. The van der Waals surface area contributed by atoms with Gasteiger partial charge in [0, 0.05) is 7.05 Å². The lowest BCUT2D eigenvalue weighted by Gasteiger charge is -2.06. The Morgan fingerprint density at radius 3 is 2.69 bits per heavy atom. The van der Waals surface area contributed by atoms with E-state index in [4.69, 9.17) is 12.2 Å². The zero-order valence-corrected chi connectivity index (χ0v) is 9.63. The molecule has 0 saturated heterocycles. The van der Waals surface area contributed by atoms with Crippen LogP contribution in [0.2, 0.25) is 0 Å². The fourth-order valence-electron chi connectivity index (χ4n) is 1.14. The van der Waals surface area contributed by atoms with Gasteiger partial charge in [0.25, 0.3) is 5.91 Å². The van der Waals surface area contributed by atoms with Crippen LogP contribution in [0.15, 0.2) is 12.1 Å². The molecule has 86 valence electrons. The second kappa shape index (κ2) is 4.75. The molecule has 0 aliphatic heterocycles.